The van der Waals surface area contributed by atoms with Gasteiger partial charge in [-0.25, -0.2) is 9.67 Å². The summed E-state index contributed by atoms with van der Waals surface area (Å²) in [6.45, 7) is 2.23. The highest BCUT2D eigenvalue weighted by Crippen LogP contribution is 2.32. The SMILES string of the molecule is CC1CCc2nc(NC(=O)c3ccc(=O)n(C)n3)sc2C1. The number of carbonyl (C=O) groups is 1. The molecule has 1 N–H and O–H groups in total. The van der Waals surface area contributed by atoms with Crippen LogP contribution in [0.4, 0.5) is 5.13 Å². The summed E-state index contributed by atoms with van der Waals surface area (Å²) in [6, 6.07) is 2.75. The summed E-state index contributed by atoms with van der Waals surface area (Å²) >= 11 is 1.53. The van der Waals surface area contributed by atoms with E-state index in [2.05, 4.69) is 22.3 Å². The summed E-state index contributed by atoms with van der Waals surface area (Å²) in [6.07, 6.45) is 3.15. The van der Waals surface area contributed by atoms with Crippen molar-refractivity contribution < 1.29 is 4.79 Å². The number of fused-ring (bicyclic) bond motifs is 1. The van der Waals surface area contributed by atoms with E-state index in [0.29, 0.717) is 11.0 Å². The third-order valence-corrected chi connectivity index (χ3v) is 4.63. The van der Waals surface area contributed by atoms with Crippen LogP contribution in [0.5, 0.6) is 0 Å². The molecule has 0 saturated carbocycles. The number of hydrogen-bond donors (Lipinski definition) is 1. The molecular formula is C14H16N4O2S. The first-order chi connectivity index (χ1) is 10.0. The maximum Gasteiger partial charge on any atom is 0.277 e. The number of nitrogens with one attached hydrogen (secondary N) is 1. The Morgan fingerprint density at radius 3 is 3.05 bits per heavy atom. The predicted octanol–water partition coefficient (Wildman–Crippen LogP) is 1.61. The molecule has 110 valence electrons. The Bertz CT molecular complexity index is 750. The Balaban J connectivity index is 1.78. The quantitative estimate of drug-likeness (QED) is 0.914. The molecule has 21 heavy (non-hydrogen) atoms. The summed E-state index contributed by atoms with van der Waals surface area (Å²) < 4.78 is 1.14. The second kappa shape index (κ2) is 5.40. The fourth-order valence-corrected chi connectivity index (χ4v) is 3.54. The number of thiazole rings is 1. The maximum atomic E-state index is 12.1. The summed E-state index contributed by atoms with van der Waals surface area (Å²) in [4.78, 5) is 29.1. The Morgan fingerprint density at radius 2 is 2.29 bits per heavy atom. The minimum atomic E-state index is -0.343. The number of rotatable bonds is 2. The lowest BCUT2D eigenvalue weighted by Crippen LogP contribution is -2.23. The van der Waals surface area contributed by atoms with Crippen molar-refractivity contribution in [3.05, 3.63) is 38.8 Å². The molecule has 1 aliphatic rings. The summed E-state index contributed by atoms with van der Waals surface area (Å²) in [5, 5.41) is 7.31. The summed E-state index contributed by atoms with van der Waals surface area (Å²) in [5.74, 6) is 0.330. The van der Waals surface area contributed by atoms with E-state index in [4.69, 9.17) is 0 Å². The van der Waals surface area contributed by atoms with Crippen LogP contribution in [0.25, 0.3) is 0 Å². The molecule has 0 aromatic carbocycles. The molecule has 6 nitrogen and oxygen atoms in total. The van der Waals surface area contributed by atoms with Crippen LogP contribution < -0.4 is 10.9 Å². The van der Waals surface area contributed by atoms with E-state index < -0.39 is 0 Å². The molecule has 0 aliphatic heterocycles. The molecule has 0 bridgehead atoms. The average Bonchev–Trinajstić information content (AvgIpc) is 2.83. The van der Waals surface area contributed by atoms with Crippen molar-refractivity contribution in [2.24, 2.45) is 13.0 Å². The van der Waals surface area contributed by atoms with E-state index in [9.17, 15) is 9.59 Å². The second-order valence-corrected chi connectivity index (χ2v) is 6.46. The number of hydrogen-bond acceptors (Lipinski definition) is 5. The topological polar surface area (TPSA) is 76.9 Å². The van der Waals surface area contributed by atoms with Gasteiger partial charge in [-0.3, -0.25) is 14.9 Å². The van der Waals surface area contributed by atoms with Gasteiger partial charge >= 0.3 is 0 Å². The number of anilines is 1. The molecule has 0 spiro atoms. The molecule has 0 fully saturated rings. The molecule has 1 aliphatic carbocycles. The van der Waals surface area contributed by atoms with E-state index in [1.807, 2.05) is 0 Å². The molecule has 7 heteroatoms. The zero-order chi connectivity index (χ0) is 15.0. The smallest absolute Gasteiger partial charge is 0.277 e. The number of nitrogens with zero attached hydrogens (tertiary/aromatic N) is 3. The van der Waals surface area contributed by atoms with Crippen molar-refractivity contribution in [1.29, 1.82) is 0 Å². The largest absolute Gasteiger partial charge is 0.296 e. The van der Waals surface area contributed by atoms with Gasteiger partial charge in [0.05, 0.1) is 5.69 Å². The van der Waals surface area contributed by atoms with Gasteiger partial charge in [-0.2, -0.15) is 5.10 Å². The third-order valence-electron chi connectivity index (χ3n) is 3.60. The van der Waals surface area contributed by atoms with Gasteiger partial charge in [0.25, 0.3) is 11.5 Å². The van der Waals surface area contributed by atoms with Crippen molar-refractivity contribution in [3.63, 3.8) is 0 Å². The van der Waals surface area contributed by atoms with Gasteiger partial charge in [0, 0.05) is 18.0 Å². The van der Waals surface area contributed by atoms with E-state index in [-0.39, 0.29) is 17.2 Å². The predicted molar refractivity (Wildman–Crippen MR) is 80.7 cm³/mol. The van der Waals surface area contributed by atoms with Gasteiger partial charge in [-0.15, -0.1) is 11.3 Å². The van der Waals surface area contributed by atoms with Crippen LogP contribution in [-0.2, 0) is 19.9 Å². The molecule has 1 amide bonds. The van der Waals surface area contributed by atoms with Crippen LogP contribution in [0.15, 0.2) is 16.9 Å². The normalized spacial score (nSPS) is 17.3. The molecule has 2 aromatic heterocycles. The van der Waals surface area contributed by atoms with E-state index in [1.54, 1.807) is 0 Å². The van der Waals surface area contributed by atoms with Gasteiger partial charge in [0.1, 0.15) is 5.69 Å². The lowest BCUT2D eigenvalue weighted by molar-refractivity contribution is 0.102. The molecular weight excluding hydrogens is 288 g/mol. The fourth-order valence-electron chi connectivity index (χ4n) is 2.38. The molecule has 2 aromatic rings. The van der Waals surface area contributed by atoms with Crippen LogP contribution in [0, 0.1) is 5.92 Å². The van der Waals surface area contributed by atoms with Gasteiger partial charge in [0.15, 0.2) is 5.13 Å². The highest BCUT2D eigenvalue weighted by Gasteiger charge is 2.21. The van der Waals surface area contributed by atoms with Crippen molar-refractivity contribution in [2.75, 3.05) is 5.32 Å². The first-order valence-corrected chi connectivity index (χ1v) is 7.69. The molecule has 0 radical (unpaired) electrons. The third kappa shape index (κ3) is 2.87. The zero-order valence-electron chi connectivity index (χ0n) is 11.9. The molecule has 0 saturated heterocycles. The minimum absolute atomic E-state index is 0.207. The zero-order valence-corrected chi connectivity index (χ0v) is 12.7. The first-order valence-electron chi connectivity index (χ1n) is 6.87. The number of aromatic nitrogens is 3. The Kier molecular flexibility index (Phi) is 3.59. The monoisotopic (exact) mass is 304 g/mol. The molecule has 3 rings (SSSR count). The maximum absolute atomic E-state index is 12.1. The van der Waals surface area contributed by atoms with Gasteiger partial charge in [0.2, 0.25) is 0 Å². The molecule has 2 heterocycles. The highest BCUT2D eigenvalue weighted by molar-refractivity contribution is 7.15. The van der Waals surface area contributed by atoms with E-state index >= 15 is 0 Å². The van der Waals surface area contributed by atoms with Crippen LogP contribution in [0.3, 0.4) is 0 Å². The number of aryl methyl sites for hydroxylation is 2. The number of carbonyl (C=O) groups excluding carboxylic acids is 1. The van der Waals surface area contributed by atoms with Crippen LogP contribution in [0.2, 0.25) is 0 Å². The molecule has 1 atom stereocenters. The average molecular weight is 304 g/mol. The summed E-state index contributed by atoms with van der Waals surface area (Å²) in [5.41, 5.74) is 1.06. The van der Waals surface area contributed by atoms with E-state index in [0.717, 1.165) is 29.6 Å². The van der Waals surface area contributed by atoms with Crippen molar-refractivity contribution in [1.82, 2.24) is 14.8 Å². The van der Waals surface area contributed by atoms with Crippen molar-refractivity contribution in [3.8, 4) is 0 Å². The molecule has 1 unspecified atom stereocenters. The van der Waals surface area contributed by atoms with Gasteiger partial charge in [-0.1, -0.05) is 6.92 Å². The van der Waals surface area contributed by atoms with Crippen LogP contribution in [0.1, 0.15) is 34.4 Å². The Morgan fingerprint density at radius 1 is 1.48 bits per heavy atom. The van der Waals surface area contributed by atoms with Gasteiger partial charge < -0.3 is 0 Å². The number of amides is 1. The standard InChI is InChI=1S/C14H16N4O2S/c1-8-3-4-9-11(7-8)21-14(15-9)16-13(20)10-5-6-12(19)18(2)17-10/h5-6,8H,3-4,7H2,1-2H3,(H,15,16,20). The lowest BCUT2D eigenvalue weighted by atomic mass is 9.93. The van der Waals surface area contributed by atoms with Crippen molar-refractivity contribution in [2.45, 2.75) is 26.2 Å². The van der Waals surface area contributed by atoms with Crippen LogP contribution >= 0.6 is 11.3 Å². The van der Waals surface area contributed by atoms with Gasteiger partial charge in [-0.05, 0) is 31.2 Å². The minimum Gasteiger partial charge on any atom is -0.296 e. The first kappa shape index (κ1) is 13.9. The highest BCUT2D eigenvalue weighted by atomic mass is 32.1. The Labute approximate surface area is 125 Å². The van der Waals surface area contributed by atoms with Crippen LogP contribution in [-0.4, -0.2) is 20.7 Å². The van der Waals surface area contributed by atoms with E-state index in [1.165, 1.54) is 35.4 Å². The van der Waals surface area contributed by atoms with Crippen molar-refractivity contribution >= 4 is 22.4 Å². The lowest BCUT2D eigenvalue weighted by Gasteiger charge is -2.15. The summed E-state index contributed by atoms with van der Waals surface area (Å²) in [7, 11) is 1.52. The second-order valence-electron chi connectivity index (χ2n) is 5.37. The Hall–Kier alpha value is -2.02. The fraction of sp³-hybridized carbons (Fsp3) is 0.429.